The summed E-state index contributed by atoms with van der Waals surface area (Å²) in [4.78, 5) is 15.7. The summed E-state index contributed by atoms with van der Waals surface area (Å²) < 4.78 is 0. The van der Waals surface area contributed by atoms with Crippen LogP contribution in [0.2, 0.25) is 0 Å². The van der Waals surface area contributed by atoms with Crippen molar-refractivity contribution in [3.8, 4) is 0 Å². The van der Waals surface area contributed by atoms with Crippen LogP contribution in [0.15, 0.2) is 5.16 Å². The van der Waals surface area contributed by atoms with Gasteiger partial charge >= 0.3 is 5.97 Å². The highest BCUT2D eigenvalue weighted by Gasteiger charge is 2.48. The summed E-state index contributed by atoms with van der Waals surface area (Å²) in [6.45, 7) is 3.31. The van der Waals surface area contributed by atoms with Gasteiger partial charge in [-0.15, -0.1) is 0 Å². The normalized spacial score (nSPS) is 36.9. The number of fused-ring (bicyclic) bond motifs is 1. The molecule has 0 aliphatic heterocycles. The summed E-state index contributed by atoms with van der Waals surface area (Å²) in [6.07, 6.45) is 7.25. The van der Waals surface area contributed by atoms with Crippen molar-refractivity contribution in [1.82, 2.24) is 0 Å². The SMILES string of the molecule is CC(=O)O/N=C(\C)[C@]12CCCC[C@@H]1[C@H](O)CCC2. The van der Waals surface area contributed by atoms with Crippen molar-refractivity contribution in [3.63, 3.8) is 0 Å². The minimum Gasteiger partial charge on any atom is -0.393 e. The fourth-order valence-corrected chi connectivity index (χ4v) is 3.82. The van der Waals surface area contributed by atoms with Gasteiger partial charge in [-0.1, -0.05) is 18.0 Å². The van der Waals surface area contributed by atoms with Crippen molar-refractivity contribution < 1.29 is 14.7 Å². The van der Waals surface area contributed by atoms with Gasteiger partial charge < -0.3 is 9.94 Å². The Morgan fingerprint density at radius 3 is 2.67 bits per heavy atom. The van der Waals surface area contributed by atoms with Gasteiger partial charge in [0.2, 0.25) is 0 Å². The minimum atomic E-state index is -0.380. The molecular formula is C14H23NO3. The Labute approximate surface area is 108 Å². The molecule has 0 unspecified atom stereocenters. The lowest BCUT2D eigenvalue weighted by Crippen LogP contribution is -2.48. The zero-order valence-electron chi connectivity index (χ0n) is 11.3. The number of carbonyl (C=O) groups is 1. The highest BCUT2D eigenvalue weighted by molar-refractivity contribution is 5.88. The molecule has 0 spiro atoms. The molecule has 4 nitrogen and oxygen atoms in total. The molecular weight excluding hydrogens is 230 g/mol. The average molecular weight is 253 g/mol. The van der Waals surface area contributed by atoms with Crippen LogP contribution in [0.5, 0.6) is 0 Å². The van der Waals surface area contributed by atoms with Crippen LogP contribution in [-0.2, 0) is 9.63 Å². The Kier molecular flexibility index (Phi) is 4.05. The topological polar surface area (TPSA) is 58.9 Å². The van der Waals surface area contributed by atoms with Gasteiger partial charge in [0.25, 0.3) is 0 Å². The van der Waals surface area contributed by atoms with Gasteiger partial charge in [0, 0.05) is 12.3 Å². The van der Waals surface area contributed by atoms with E-state index in [1.165, 1.54) is 19.8 Å². The number of carbonyl (C=O) groups excluding carboxylic acids is 1. The molecule has 2 aliphatic carbocycles. The maximum absolute atomic E-state index is 10.9. The second kappa shape index (κ2) is 5.39. The molecule has 0 saturated heterocycles. The molecule has 0 aromatic carbocycles. The lowest BCUT2D eigenvalue weighted by molar-refractivity contribution is -0.141. The van der Waals surface area contributed by atoms with Crippen LogP contribution in [0.4, 0.5) is 0 Å². The summed E-state index contributed by atoms with van der Waals surface area (Å²) in [5, 5.41) is 14.2. The van der Waals surface area contributed by atoms with Crippen molar-refractivity contribution in [2.24, 2.45) is 16.5 Å². The first-order chi connectivity index (χ1) is 8.56. The number of oxime groups is 1. The molecule has 2 aliphatic rings. The van der Waals surface area contributed by atoms with Crippen LogP contribution in [0.3, 0.4) is 0 Å². The second-order valence-electron chi connectivity index (χ2n) is 5.73. The molecule has 0 aromatic heterocycles. The van der Waals surface area contributed by atoms with Gasteiger partial charge in [0.1, 0.15) is 0 Å². The second-order valence-corrected chi connectivity index (χ2v) is 5.73. The first kappa shape index (κ1) is 13.5. The number of hydrogen-bond acceptors (Lipinski definition) is 4. The molecule has 0 radical (unpaired) electrons. The third kappa shape index (κ3) is 2.44. The van der Waals surface area contributed by atoms with Crippen molar-refractivity contribution in [2.75, 3.05) is 0 Å². The molecule has 102 valence electrons. The summed E-state index contributed by atoms with van der Waals surface area (Å²) in [7, 11) is 0. The van der Waals surface area contributed by atoms with Crippen molar-refractivity contribution in [3.05, 3.63) is 0 Å². The Bertz CT molecular complexity index is 349. The van der Waals surface area contributed by atoms with E-state index in [-0.39, 0.29) is 17.5 Å². The fourth-order valence-electron chi connectivity index (χ4n) is 3.82. The quantitative estimate of drug-likeness (QED) is 0.467. The monoisotopic (exact) mass is 253 g/mol. The number of aliphatic hydroxyl groups is 1. The molecule has 1 N–H and O–H groups in total. The molecule has 18 heavy (non-hydrogen) atoms. The summed E-state index contributed by atoms with van der Waals surface area (Å²) in [6, 6.07) is 0. The molecule has 0 amide bonds. The average Bonchev–Trinajstić information content (AvgIpc) is 2.36. The Hall–Kier alpha value is -0.900. The summed E-state index contributed by atoms with van der Waals surface area (Å²) in [5.41, 5.74) is 0.854. The molecule has 4 heteroatoms. The van der Waals surface area contributed by atoms with Gasteiger partial charge in [-0.05, 0) is 44.9 Å². The Morgan fingerprint density at radius 2 is 1.94 bits per heavy atom. The minimum absolute atomic E-state index is 0.0363. The number of aliphatic hydroxyl groups excluding tert-OH is 1. The van der Waals surface area contributed by atoms with E-state index >= 15 is 0 Å². The molecule has 2 fully saturated rings. The maximum atomic E-state index is 10.9. The van der Waals surface area contributed by atoms with E-state index in [4.69, 9.17) is 4.84 Å². The van der Waals surface area contributed by atoms with Crippen LogP contribution >= 0.6 is 0 Å². The molecule has 0 heterocycles. The number of hydrogen-bond donors (Lipinski definition) is 1. The van der Waals surface area contributed by atoms with Crippen LogP contribution in [-0.4, -0.2) is 22.9 Å². The Balaban J connectivity index is 2.23. The van der Waals surface area contributed by atoms with Gasteiger partial charge in [-0.2, -0.15) is 0 Å². The third-order valence-corrected chi connectivity index (χ3v) is 4.72. The standard InChI is InChI=1S/C14H23NO3/c1-10(15-18-11(2)16)14-8-4-3-6-12(14)13(17)7-5-9-14/h12-13,17H,3-9H2,1-2H3/b15-10+/t12-,13-,14-/m1/s1. The highest BCUT2D eigenvalue weighted by Crippen LogP contribution is 2.51. The van der Waals surface area contributed by atoms with E-state index in [2.05, 4.69) is 5.16 Å². The van der Waals surface area contributed by atoms with Crippen molar-refractivity contribution in [1.29, 1.82) is 0 Å². The lowest BCUT2D eigenvalue weighted by Gasteiger charge is -2.49. The molecule has 2 saturated carbocycles. The summed E-state index contributed by atoms with van der Waals surface area (Å²) in [5.74, 6) is -0.0891. The van der Waals surface area contributed by atoms with E-state index in [0.29, 0.717) is 5.92 Å². The van der Waals surface area contributed by atoms with E-state index < -0.39 is 0 Å². The maximum Gasteiger partial charge on any atom is 0.331 e. The predicted molar refractivity (Wildman–Crippen MR) is 69.1 cm³/mol. The number of rotatable bonds is 2. The van der Waals surface area contributed by atoms with Crippen LogP contribution in [0, 0.1) is 11.3 Å². The zero-order valence-corrected chi connectivity index (χ0v) is 11.3. The van der Waals surface area contributed by atoms with Crippen LogP contribution < -0.4 is 0 Å². The zero-order chi connectivity index (χ0) is 13.2. The lowest BCUT2D eigenvalue weighted by atomic mass is 9.56. The van der Waals surface area contributed by atoms with E-state index in [1.807, 2.05) is 6.92 Å². The smallest absolute Gasteiger partial charge is 0.331 e. The third-order valence-electron chi connectivity index (χ3n) is 4.72. The first-order valence-corrected chi connectivity index (χ1v) is 6.97. The fraction of sp³-hybridized carbons (Fsp3) is 0.857. The van der Waals surface area contributed by atoms with Crippen molar-refractivity contribution in [2.45, 2.75) is 64.9 Å². The van der Waals surface area contributed by atoms with E-state index in [0.717, 1.165) is 37.8 Å². The largest absolute Gasteiger partial charge is 0.393 e. The molecule has 3 atom stereocenters. The number of nitrogens with zero attached hydrogens (tertiary/aromatic N) is 1. The van der Waals surface area contributed by atoms with Gasteiger partial charge in [-0.25, -0.2) is 4.79 Å². The van der Waals surface area contributed by atoms with E-state index in [9.17, 15) is 9.90 Å². The summed E-state index contributed by atoms with van der Waals surface area (Å²) >= 11 is 0. The van der Waals surface area contributed by atoms with Crippen LogP contribution in [0.25, 0.3) is 0 Å². The van der Waals surface area contributed by atoms with Gasteiger partial charge in [-0.3, -0.25) is 0 Å². The van der Waals surface area contributed by atoms with Crippen LogP contribution in [0.1, 0.15) is 58.8 Å². The first-order valence-electron chi connectivity index (χ1n) is 6.97. The van der Waals surface area contributed by atoms with Gasteiger partial charge in [0.15, 0.2) is 0 Å². The van der Waals surface area contributed by atoms with E-state index in [1.54, 1.807) is 0 Å². The Morgan fingerprint density at radius 1 is 1.22 bits per heavy atom. The molecule has 0 bridgehead atoms. The highest BCUT2D eigenvalue weighted by atomic mass is 16.7. The molecule has 0 aromatic rings. The predicted octanol–water partition coefficient (Wildman–Crippen LogP) is 2.65. The molecule has 2 rings (SSSR count). The van der Waals surface area contributed by atoms with Gasteiger partial charge in [0.05, 0.1) is 11.8 Å². The van der Waals surface area contributed by atoms with Crippen molar-refractivity contribution >= 4 is 11.7 Å².